The molecule has 84 valence electrons. The molecule has 1 unspecified atom stereocenters. The second kappa shape index (κ2) is 6.15. The predicted molar refractivity (Wildman–Crippen MR) is 55.0 cm³/mol. The first-order valence-electron chi connectivity index (χ1n) is 4.82. The van der Waals surface area contributed by atoms with Crippen molar-refractivity contribution in [1.82, 2.24) is 5.32 Å². The number of nitrogens with two attached hydrogens (primary N) is 1. The van der Waals surface area contributed by atoms with E-state index in [1.165, 1.54) is 6.26 Å². The van der Waals surface area contributed by atoms with Crippen LogP contribution in [0.4, 0.5) is 0 Å². The Kier molecular flexibility index (Phi) is 4.79. The smallest absolute Gasteiger partial charge is 0.226 e. The fraction of sp³-hybridized carbons (Fsp3) is 0.556. The summed E-state index contributed by atoms with van der Waals surface area (Å²) in [6, 6.07) is 3.07. The van der Waals surface area contributed by atoms with E-state index in [2.05, 4.69) is 5.32 Å². The third kappa shape index (κ3) is 4.09. The molecule has 0 aliphatic rings. The summed E-state index contributed by atoms with van der Waals surface area (Å²) in [6.45, 7) is 1.03. The zero-order chi connectivity index (χ0) is 11.1. The van der Waals surface area contributed by atoms with Gasteiger partial charge in [0.1, 0.15) is 11.8 Å². The Morgan fingerprint density at radius 3 is 3.00 bits per heavy atom. The maximum absolute atomic E-state index is 10.4. The van der Waals surface area contributed by atoms with E-state index in [9.17, 15) is 10.1 Å². The minimum atomic E-state index is -0.374. The molecule has 1 rings (SSSR count). The second-order valence-corrected chi connectivity index (χ2v) is 3.18. The molecule has 3 N–H and O–H groups in total. The molecular formula is C9H15N3O3. The van der Waals surface area contributed by atoms with Crippen molar-refractivity contribution in [3.8, 4) is 0 Å². The summed E-state index contributed by atoms with van der Waals surface area (Å²) < 4.78 is 5.13. The van der Waals surface area contributed by atoms with Crippen LogP contribution in [0, 0.1) is 10.1 Å². The van der Waals surface area contributed by atoms with Crippen LogP contribution < -0.4 is 11.1 Å². The number of furan rings is 1. The van der Waals surface area contributed by atoms with Gasteiger partial charge in [-0.3, -0.25) is 10.1 Å². The zero-order valence-electron chi connectivity index (χ0n) is 8.39. The van der Waals surface area contributed by atoms with Gasteiger partial charge in [-0.05, 0) is 31.6 Å². The normalized spacial score (nSPS) is 12.6. The highest BCUT2D eigenvalue weighted by molar-refractivity contribution is 5.04. The highest BCUT2D eigenvalue weighted by atomic mass is 16.6. The molecule has 0 radical (unpaired) electrons. The van der Waals surface area contributed by atoms with Crippen molar-refractivity contribution in [3.05, 3.63) is 34.3 Å². The molecule has 6 heteroatoms. The molecule has 0 aliphatic carbocycles. The van der Waals surface area contributed by atoms with E-state index in [0.29, 0.717) is 18.8 Å². The van der Waals surface area contributed by atoms with Crippen molar-refractivity contribution in [2.75, 3.05) is 19.6 Å². The van der Waals surface area contributed by atoms with Gasteiger partial charge in [0.15, 0.2) is 0 Å². The number of rotatable bonds is 7. The first-order chi connectivity index (χ1) is 7.24. The lowest BCUT2D eigenvalue weighted by atomic mass is 10.2. The quantitative estimate of drug-likeness (QED) is 0.391. The van der Waals surface area contributed by atoms with Crippen molar-refractivity contribution in [3.63, 3.8) is 0 Å². The van der Waals surface area contributed by atoms with Crippen molar-refractivity contribution >= 4 is 0 Å². The number of nitro groups is 1. The number of nitrogens with one attached hydrogen (secondary N) is 1. The highest BCUT2D eigenvalue weighted by Crippen LogP contribution is 2.13. The molecule has 0 amide bonds. The molecule has 0 spiro atoms. The molecule has 1 atom stereocenters. The van der Waals surface area contributed by atoms with Gasteiger partial charge in [0.2, 0.25) is 6.54 Å². The van der Waals surface area contributed by atoms with Crippen LogP contribution in [0.3, 0.4) is 0 Å². The van der Waals surface area contributed by atoms with E-state index in [-0.39, 0.29) is 17.5 Å². The molecule has 1 heterocycles. The van der Waals surface area contributed by atoms with Crippen molar-refractivity contribution in [1.29, 1.82) is 0 Å². The fourth-order valence-electron chi connectivity index (χ4n) is 1.27. The average molecular weight is 213 g/mol. The van der Waals surface area contributed by atoms with E-state index in [1.807, 2.05) is 0 Å². The summed E-state index contributed by atoms with van der Waals surface area (Å²) in [7, 11) is 0. The van der Waals surface area contributed by atoms with Crippen LogP contribution in [0.25, 0.3) is 0 Å². The van der Waals surface area contributed by atoms with Crippen molar-refractivity contribution in [2.45, 2.75) is 12.5 Å². The third-order valence-corrected chi connectivity index (χ3v) is 1.99. The van der Waals surface area contributed by atoms with Gasteiger partial charge in [-0.15, -0.1) is 0 Å². The van der Waals surface area contributed by atoms with Gasteiger partial charge in [-0.1, -0.05) is 0 Å². The lowest BCUT2D eigenvalue weighted by Crippen LogP contribution is -2.29. The molecule has 0 saturated heterocycles. The van der Waals surface area contributed by atoms with E-state index in [4.69, 9.17) is 10.2 Å². The summed E-state index contributed by atoms with van der Waals surface area (Å²) in [5.41, 5.74) is 5.34. The Bertz CT molecular complexity index is 287. The molecule has 1 aromatic rings. The van der Waals surface area contributed by atoms with E-state index >= 15 is 0 Å². The zero-order valence-corrected chi connectivity index (χ0v) is 8.39. The van der Waals surface area contributed by atoms with Gasteiger partial charge in [-0.25, -0.2) is 0 Å². The van der Waals surface area contributed by atoms with Gasteiger partial charge in [0, 0.05) is 4.92 Å². The Hall–Kier alpha value is -1.40. The molecule has 1 aromatic heterocycles. The van der Waals surface area contributed by atoms with Crippen LogP contribution in [0.1, 0.15) is 18.2 Å². The summed E-state index contributed by atoms with van der Waals surface area (Å²) in [4.78, 5) is 10.1. The van der Waals surface area contributed by atoms with Gasteiger partial charge in [0.05, 0.1) is 6.26 Å². The molecule has 0 saturated carbocycles. The summed E-state index contributed by atoms with van der Waals surface area (Å²) in [5.74, 6) is 0.587. The maximum atomic E-state index is 10.4. The lowest BCUT2D eigenvalue weighted by Gasteiger charge is -2.11. The van der Waals surface area contributed by atoms with Crippen LogP contribution in [-0.4, -0.2) is 24.6 Å². The first kappa shape index (κ1) is 11.7. The minimum absolute atomic E-state index is 0.182. The molecule has 15 heavy (non-hydrogen) atoms. The highest BCUT2D eigenvalue weighted by Gasteiger charge is 2.19. The van der Waals surface area contributed by atoms with Gasteiger partial charge < -0.3 is 15.5 Å². The Labute approximate surface area is 87.6 Å². The van der Waals surface area contributed by atoms with Crippen LogP contribution in [0.5, 0.6) is 0 Å². The Morgan fingerprint density at radius 2 is 2.47 bits per heavy atom. The van der Waals surface area contributed by atoms with Gasteiger partial charge in [0.25, 0.3) is 0 Å². The largest absolute Gasteiger partial charge is 0.467 e. The van der Waals surface area contributed by atoms with Crippen LogP contribution >= 0.6 is 0 Å². The Morgan fingerprint density at radius 1 is 1.67 bits per heavy atom. The fourth-order valence-corrected chi connectivity index (χ4v) is 1.27. The number of hydrogen-bond acceptors (Lipinski definition) is 5. The monoisotopic (exact) mass is 213 g/mol. The van der Waals surface area contributed by atoms with Crippen LogP contribution in [-0.2, 0) is 0 Å². The molecule has 0 aliphatic heterocycles. The van der Waals surface area contributed by atoms with Crippen molar-refractivity contribution in [2.24, 2.45) is 5.73 Å². The first-order valence-corrected chi connectivity index (χ1v) is 4.82. The second-order valence-electron chi connectivity index (χ2n) is 3.18. The topological polar surface area (TPSA) is 94.3 Å². The number of nitrogens with zero attached hydrogens (tertiary/aromatic N) is 1. The minimum Gasteiger partial charge on any atom is -0.467 e. The lowest BCUT2D eigenvalue weighted by molar-refractivity contribution is -0.484. The number of hydrogen-bond donors (Lipinski definition) is 2. The van der Waals surface area contributed by atoms with E-state index in [1.54, 1.807) is 12.1 Å². The molecule has 0 aromatic carbocycles. The predicted octanol–water partition coefficient (Wildman–Crippen LogP) is 0.536. The molecule has 0 bridgehead atoms. The third-order valence-electron chi connectivity index (χ3n) is 1.99. The SMILES string of the molecule is NCCCNC(C[N+](=O)[O-])c1ccco1. The maximum Gasteiger partial charge on any atom is 0.226 e. The molecule has 0 fully saturated rings. The van der Waals surface area contributed by atoms with Gasteiger partial charge in [-0.2, -0.15) is 0 Å². The standard InChI is InChI=1S/C9H15N3O3/c10-4-2-5-11-8(7-12(13)14)9-3-1-6-15-9/h1,3,6,8,11H,2,4-5,7,10H2. The summed E-state index contributed by atoms with van der Waals surface area (Å²) in [5, 5.41) is 13.5. The van der Waals surface area contributed by atoms with E-state index < -0.39 is 0 Å². The summed E-state index contributed by atoms with van der Waals surface area (Å²) in [6.07, 6.45) is 2.29. The molecular weight excluding hydrogens is 198 g/mol. The van der Waals surface area contributed by atoms with Crippen molar-refractivity contribution < 1.29 is 9.34 Å². The van der Waals surface area contributed by atoms with Gasteiger partial charge >= 0.3 is 0 Å². The van der Waals surface area contributed by atoms with E-state index in [0.717, 1.165) is 6.42 Å². The summed E-state index contributed by atoms with van der Waals surface area (Å²) >= 11 is 0. The Balaban J connectivity index is 2.50. The van der Waals surface area contributed by atoms with Crippen LogP contribution in [0.15, 0.2) is 22.8 Å². The molecule has 6 nitrogen and oxygen atoms in total. The van der Waals surface area contributed by atoms with Crippen LogP contribution in [0.2, 0.25) is 0 Å². The average Bonchev–Trinajstić information content (AvgIpc) is 2.68.